The minimum Gasteiger partial charge on any atom is -0.381 e. The first-order chi connectivity index (χ1) is 11.6. The molecule has 0 spiro atoms. The number of halogens is 2. The van der Waals surface area contributed by atoms with Crippen LogP contribution in [-0.4, -0.2) is 23.6 Å². The molecule has 2 heterocycles. The molecule has 7 heteroatoms. The highest BCUT2D eigenvalue weighted by Gasteiger charge is 2.56. The second kappa shape index (κ2) is 5.42. The molecule has 0 saturated carbocycles. The third-order valence-corrected chi connectivity index (χ3v) is 4.29. The van der Waals surface area contributed by atoms with Crippen LogP contribution in [0.3, 0.4) is 0 Å². The van der Waals surface area contributed by atoms with E-state index < -0.39 is 29.7 Å². The maximum Gasteiger partial charge on any atom is 0.278 e. The van der Waals surface area contributed by atoms with Gasteiger partial charge in [-0.1, -0.05) is 28.9 Å². The number of nitrogens with zero attached hydrogens (tertiary/aromatic N) is 2. The molecule has 0 aliphatic carbocycles. The number of fused-ring (bicyclic) bond motifs is 1. The lowest BCUT2D eigenvalue weighted by atomic mass is 9.94. The number of rotatable bonds is 2. The number of carbonyl (C=O) groups excluding carboxylic acids is 2. The van der Waals surface area contributed by atoms with E-state index in [1.807, 2.05) is 0 Å². The van der Waals surface area contributed by atoms with Crippen LogP contribution in [-0.2, 0) is 14.4 Å². The Bertz CT molecular complexity index is 864. The van der Waals surface area contributed by atoms with Gasteiger partial charge in [-0.05, 0) is 36.4 Å². The molecule has 0 bridgehead atoms. The second-order valence-corrected chi connectivity index (χ2v) is 5.91. The molecule has 5 nitrogen and oxygen atoms in total. The molecule has 1 fully saturated rings. The molecular weight excluding hydrogens is 335 g/mol. The zero-order valence-corrected chi connectivity index (χ0v) is 12.9. The van der Waals surface area contributed by atoms with Gasteiger partial charge in [0.25, 0.3) is 5.91 Å². The first kappa shape index (κ1) is 14.8. The Morgan fingerprint density at radius 3 is 2.33 bits per heavy atom. The SMILES string of the molecule is O=C1[C@@H]2C(c3ccc(F)cc3)=NO[C@H]2C(=O)N1c1ccc(Cl)cc1. The summed E-state index contributed by atoms with van der Waals surface area (Å²) >= 11 is 5.84. The number of imide groups is 1. The number of benzene rings is 2. The Labute approximate surface area is 141 Å². The van der Waals surface area contributed by atoms with Gasteiger partial charge in [0, 0.05) is 10.6 Å². The lowest BCUT2D eigenvalue weighted by Crippen LogP contribution is -2.33. The van der Waals surface area contributed by atoms with Crippen LogP contribution in [0.5, 0.6) is 0 Å². The van der Waals surface area contributed by atoms with Crippen LogP contribution in [0, 0.1) is 11.7 Å². The fourth-order valence-electron chi connectivity index (χ4n) is 2.88. The van der Waals surface area contributed by atoms with E-state index in [1.165, 1.54) is 24.3 Å². The van der Waals surface area contributed by atoms with Gasteiger partial charge in [-0.15, -0.1) is 0 Å². The number of carbonyl (C=O) groups is 2. The van der Waals surface area contributed by atoms with Crippen LogP contribution in [0.15, 0.2) is 53.7 Å². The third-order valence-electron chi connectivity index (χ3n) is 4.04. The predicted octanol–water partition coefficient (Wildman–Crippen LogP) is 2.77. The van der Waals surface area contributed by atoms with Gasteiger partial charge in [0.2, 0.25) is 12.0 Å². The quantitative estimate of drug-likeness (QED) is 0.787. The Morgan fingerprint density at radius 1 is 1.00 bits per heavy atom. The monoisotopic (exact) mass is 344 g/mol. The summed E-state index contributed by atoms with van der Waals surface area (Å²) < 4.78 is 13.1. The summed E-state index contributed by atoms with van der Waals surface area (Å²) in [6, 6.07) is 11.9. The zero-order valence-electron chi connectivity index (χ0n) is 12.1. The van der Waals surface area contributed by atoms with E-state index >= 15 is 0 Å². The molecule has 24 heavy (non-hydrogen) atoms. The number of amides is 2. The van der Waals surface area contributed by atoms with Crippen LogP contribution in [0.1, 0.15) is 5.56 Å². The standard InChI is InChI=1S/C17H10ClFN2O3/c18-10-3-7-12(8-4-10)21-16(22)13-14(20-24-15(13)17(21)23)9-1-5-11(19)6-2-9/h1-8,13,15H/t13-,15-/m1/s1. The molecule has 1 saturated heterocycles. The molecule has 0 radical (unpaired) electrons. The predicted molar refractivity (Wildman–Crippen MR) is 85.2 cm³/mol. The van der Waals surface area contributed by atoms with Crippen molar-refractivity contribution in [2.75, 3.05) is 4.90 Å². The lowest BCUT2D eigenvalue weighted by molar-refractivity contribution is -0.126. The van der Waals surface area contributed by atoms with Crippen molar-refractivity contribution in [1.29, 1.82) is 0 Å². The number of hydrogen-bond acceptors (Lipinski definition) is 4. The van der Waals surface area contributed by atoms with Crippen LogP contribution in [0.4, 0.5) is 10.1 Å². The van der Waals surface area contributed by atoms with Gasteiger partial charge in [-0.2, -0.15) is 0 Å². The average Bonchev–Trinajstić information content (AvgIpc) is 3.11. The smallest absolute Gasteiger partial charge is 0.278 e. The Kier molecular flexibility index (Phi) is 3.35. The van der Waals surface area contributed by atoms with Crippen LogP contribution < -0.4 is 4.90 Å². The Morgan fingerprint density at radius 2 is 1.67 bits per heavy atom. The molecular formula is C17H10ClFN2O3. The molecule has 0 unspecified atom stereocenters. The summed E-state index contributed by atoms with van der Waals surface area (Å²) in [6.07, 6.45) is -0.992. The average molecular weight is 345 g/mol. The molecule has 0 aromatic heterocycles. The topological polar surface area (TPSA) is 59.0 Å². The molecule has 2 aromatic rings. The van der Waals surface area contributed by atoms with Crippen molar-refractivity contribution in [1.82, 2.24) is 0 Å². The maximum atomic E-state index is 13.1. The van der Waals surface area contributed by atoms with E-state index in [0.29, 0.717) is 22.0 Å². The van der Waals surface area contributed by atoms with E-state index in [1.54, 1.807) is 24.3 Å². The first-order valence-corrected chi connectivity index (χ1v) is 7.57. The maximum absolute atomic E-state index is 13.1. The van der Waals surface area contributed by atoms with Crippen molar-refractivity contribution in [3.63, 3.8) is 0 Å². The fourth-order valence-corrected chi connectivity index (χ4v) is 3.01. The van der Waals surface area contributed by atoms with E-state index in [0.717, 1.165) is 4.90 Å². The summed E-state index contributed by atoms with van der Waals surface area (Å²) in [5.41, 5.74) is 1.30. The molecule has 2 aromatic carbocycles. The van der Waals surface area contributed by atoms with Crippen molar-refractivity contribution >= 4 is 34.8 Å². The normalized spacial score (nSPS) is 22.4. The Hall–Kier alpha value is -2.73. The first-order valence-electron chi connectivity index (χ1n) is 7.19. The fraction of sp³-hybridized carbons (Fsp3) is 0.118. The Balaban J connectivity index is 1.69. The van der Waals surface area contributed by atoms with E-state index in [-0.39, 0.29) is 0 Å². The third kappa shape index (κ3) is 2.18. The number of oxime groups is 1. The van der Waals surface area contributed by atoms with Gasteiger partial charge in [-0.3, -0.25) is 9.59 Å². The summed E-state index contributed by atoms with van der Waals surface area (Å²) in [5.74, 6) is -2.13. The molecule has 2 aliphatic heterocycles. The zero-order chi connectivity index (χ0) is 16.8. The summed E-state index contributed by atoms with van der Waals surface area (Å²) in [5, 5.41) is 4.37. The molecule has 2 amide bonds. The van der Waals surface area contributed by atoms with Crippen LogP contribution in [0.25, 0.3) is 0 Å². The van der Waals surface area contributed by atoms with Crippen molar-refractivity contribution in [2.24, 2.45) is 11.1 Å². The number of anilines is 1. The van der Waals surface area contributed by atoms with E-state index in [2.05, 4.69) is 5.16 Å². The molecule has 4 rings (SSSR count). The largest absolute Gasteiger partial charge is 0.381 e. The minimum atomic E-state index is -0.992. The van der Waals surface area contributed by atoms with Gasteiger partial charge in [0.1, 0.15) is 17.4 Å². The van der Waals surface area contributed by atoms with Gasteiger partial charge in [0.15, 0.2) is 0 Å². The van der Waals surface area contributed by atoms with Crippen LogP contribution in [0.2, 0.25) is 5.02 Å². The molecule has 2 atom stereocenters. The minimum absolute atomic E-state index is 0.329. The highest BCUT2D eigenvalue weighted by atomic mass is 35.5. The molecule has 120 valence electrons. The second-order valence-electron chi connectivity index (χ2n) is 5.48. The molecule has 2 aliphatic rings. The van der Waals surface area contributed by atoms with Crippen molar-refractivity contribution in [3.05, 3.63) is 64.9 Å². The van der Waals surface area contributed by atoms with Crippen molar-refractivity contribution in [3.8, 4) is 0 Å². The summed E-state index contributed by atoms with van der Waals surface area (Å²) in [6.45, 7) is 0. The van der Waals surface area contributed by atoms with Gasteiger partial charge in [-0.25, -0.2) is 9.29 Å². The summed E-state index contributed by atoms with van der Waals surface area (Å²) in [4.78, 5) is 31.6. The van der Waals surface area contributed by atoms with E-state index in [9.17, 15) is 14.0 Å². The van der Waals surface area contributed by atoms with E-state index in [4.69, 9.17) is 16.4 Å². The van der Waals surface area contributed by atoms with Gasteiger partial charge >= 0.3 is 0 Å². The number of hydrogen-bond donors (Lipinski definition) is 0. The lowest BCUT2D eigenvalue weighted by Gasteiger charge is -2.15. The highest BCUT2D eigenvalue weighted by Crippen LogP contribution is 2.35. The molecule has 0 N–H and O–H groups in total. The van der Waals surface area contributed by atoms with Crippen molar-refractivity contribution in [2.45, 2.75) is 6.10 Å². The van der Waals surface area contributed by atoms with Crippen molar-refractivity contribution < 1.29 is 18.8 Å². The van der Waals surface area contributed by atoms with Gasteiger partial charge < -0.3 is 4.84 Å². The van der Waals surface area contributed by atoms with Gasteiger partial charge in [0.05, 0.1) is 5.69 Å². The summed E-state index contributed by atoms with van der Waals surface area (Å²) in [7, 11) is 0. The van der Waals surface area contributed by atoms with Crippen LogP contribution >= 0.6 is 11.6 Å². The highest BCUT2D eigenvalue weighted by molar-refractivity contribution is 6.33.